The number of aliphatic hydroxyl groups is 1. The Morgan fingerprint density at radius 2 is 1.79 bits per heavy atom. The number of aliphatic hydroxyl groups excluding tert-OH is 1. The molecule has 0 aliphatic carbocycles. The Balaban J connectivity index is 1.69. The maximum atomic E-state index is 10.4. The van der Waals surface area contributed by atoms with Gasteiger partial charge in [-0.1, -0.05) is 41.9 Å². The van der Waals surface area contributed by atoms with E-state index in [1.54, 1.807) is 7.11 Å². The van der Waals surface area contributed by atoms with Crippen LogP contribution in [0.4, 0.5) is 0 Å². The van der Waals surface area contributed by atoms with E-state index in [9.17, 15) is 5.11 Å². The van der Waals surface area contributed by atoms with Crippen LogP contribution in [0.25, 0.3) is 11.1 Å². The highest BCUT2D eigenvalue weighted by atomic mass is 35.5. The third-order valence-corrected chi connectivity index (χ3v) is 4.61. The molecular weight excluding hydrogens is 326 g/mol. The first-order chi connectivity index (χ1) is 11.7. The highest BCUT2D eigenvalue weighted by Gasteiger charge is 2.16. The number of β-amino-alcohol motifs (C(OH)–C–C–N with tert-alkyl or cyclic N) is 1. The summed E-state index contributed by atoms with van der Waals surface area (Å²) in [4.78, 5) is 2.23. The molecule has 0 radical (unpaired) electrons. The molecule has 1 aliphatic rings. The molecule has 4 nitrogen and oxygen atoms in total. The van der Waals surface area contributed by atoms with Gasteiger partial charge in [-0.3, -0.25) is 4.90 Å². The second kappa shape index (κ2) is 7.99. The summed E-state index contributed by atoms with van der Waals surface area (Å²) in [5, 5.41) is 11.0. The van der Waals surface area contributed by atoms with E-state index in [2.05, 4.69) is 4.90 Å². The van der Waals surface area contributed by atoms with Crippen LogP contribution >= 0.6 is 11.6 Å². The van der Waals surface area contributed by atoms with Gasteiger partial charge in [-0.2, -0.15) is 0 Å². The molecule has 0 saturated carbocycles. The lowest BCUT2D eigenvalue weighted by molar-refractivity contribution is 0.0143. The molecule has 2 aromatic rings. The zero-order chi connectivity index (χ0) is 16.9. The Hall–Kier alpha value is -1.59. The topological polar surface area (TPSA) is 41.9 Å². The summed E-state index contributed by atoms with van der Waals surface area (Å²) in [5.74, 6) is 0.665. The van der Waals surface area contributed by atoms with Gasteiger partial charge in [0.2, 0.25) is 0 Å². The third-order valence-electron chi connectivity index (χ3n) is 4.32. The zero-order valence-corrected chi connectivity index (χ0v) is 14.5. The van der Waals surface area contributed by atoms with Gasteiger partial charge in [0.25, 0.3) is 0 Å². The molecule has 128 valence electrons. The van der Waals surface area contributed by atoms with Crippen molar-refractivity contribution < 1.29 is 14.6 Å². The molecule has 0 aromatic heterocycles. The van der Waals surface area contributed by atoms with Gasteiger partial charge in [-0.15, -0.1) is 0 Å². The van der Waals surface area contributed by atoms with Crippen LogP contribution < -0.4 is 4.74 Å². The van der Waals surface area contributed by atoms with Gasteiger partial charge in [0.05, 0.1) is 31.5 Å². The first-order valence-electron chi connectivity index (χ1n) is 8.09. The molecule has 0 unspecified atom stereocenters. The van der Waals surface area contributed by atoms with E-state index >= 15 is 0 Å². The van der Waals surface area contributed by atoms with Crippen molar-refractivity contribution in [2.45, 2.75) is 6.10 Å². The monoisotopic (exact) mass is 347 g/mol. The van der Waals surface area contributed by atoms with E-state index < -0.39 is 6.10 Å². The second-order valence-electron chi connectivity index (χ2n) is 5.90. The summed E-state index contributed by atoms with van der Waals surface area (Å²) in [6.45, 7) is 3.86. The predicted octanol–water partition coefficient (Wildman–Crippen LogP) is 3.38. The van der Waals surface area contributed by atoms with Crippen molar-refractivity contribution in [1.29, 1.82) is 0 Å². The Labute approximate surface area is 147 Å². The van der Waals surface area contributed by atoms with Crippen LogP contribution in [0.2, 0.25) is 5.02 Å². The minimum Gasteiger partial charge on any atom is -0.495 e. The minimum absolute atomic E-state index is 0.489. The molecule has 0 bridgehead atoms. The first kappa shape index (κ1) is 17.2. The van der Waals surface area contributed by atoms with Gasteiger partial charge < -0.3 is 14.6 Å². The van der Waals surface area contributed by atoms with Gasteiger partial charge in [0.1, 0.15) is 5.75 Å². The molecule has 1 heterocycles. The molecule has 1 fully saturated rings. The van der Waals surface area contributed by atoms with E-state index in [0.717, 1.165) is 43.0 Å². The summed E-state index contributed by atoms with van der Waals surface area (Å²) in [5.41, 5.74) is 3.00. The number of benzene rings is 2. The molecule has 1 saturated heterocycles. The Kier molecular flexibility index (Phi) is 5.74. The van der Waals surface area contributed by atoms with Crippen LogP contribution in [-0.4, -0.2) is 50.0 Å². The van der Waals surface area contributed by atoms with Gasteiger partial charge in [-0.05, 0) is 28.8 Å². The molecule has 1 atom stereocenters. The van der Waals surface area contributed by atoms with Gasteiger partial charge >= 0.3 is 0 Å². The lowest BCUT2D eigenvalue weighted by Gasteiger charge is -2.28. The van der Waals surface area contributed by atoms with Crippen molar-refractivity contribution in [1.82, 2.24) is 4.90 Å². The van der Waals surface area contributed by atoms with Crippen molar-refractivity contribution in [3.63, 3.8) is 0 Å². The number of hydrogen-bond donors (Lipinski definition) is 1. The van der Waals surface area contributed by atoms with Crippen molar-refractivity contribution in [3.05, 3.63) is 53.1 Å². The number of rotatable bonds is 5. The minimum atomic E-state index is -0.489. The number of methoxy groups -OCH3 is 1. The number of morpholine rings is 1. The molecule has 0 spiro atoms. The average Bonchev–Trinajstić information content (AvgIpc) is 2.62. The fourth-order valence-corrected chi connectivity index (χ4v) is 3.14. The molecule has 1 aliphatic heterocycles. The van der Waals surface area contributed by atoms with E-state index in [-0.39, 0.29) is 0 Å². The second-order valence-corrected chi connectivity index (χ2v) is 6.31. The van der Waals surface area contributed by atoms with Crippen LogP contribution in [0, 0.1) is 0 Å². The van der Waals surface area contributed by atoms with E-state index in [1.807, 2.05) is 42.5 Å². The summed E-state index contributed by atoms with van der Waals surface area (Å²) in [6, 6.07) is 13.7. The van der Waals surface area contributed by atoms with Gasteiger partial charge in [0.15, 0.2) is 0 Å². The average molecular weight is 348 g/mol. The first-order valence-corrected chi connectivity index (χ1v) is 8.47. The number of ether oxygens (including phenoxy) is 2. The molecule has 24 heavy (non-hydrogen) atoms. The number of hydrogen-bond acceptors (Lipinski definition) is 4. The standard InChI is InChI=1S/C19H22ClNO3/c1-23-19-7-6-16(12-17(19)20)14-2-4-15(5-3-14)18(22)13-21-8-10-24-11-9-21/h2-7,12,18,22H,8-11,13H2,1H3/t18-/m0/s1. The maximum absolute atomic E-state index is 10.4. The maximum Gasteiger partial charge on any atom is 0.137 e. The molecule has 1 N–H and O–H groups in total. The molecular formula is C19H22ClNO3. The summed E-state index contributed by atoms with van der Waals surface area (Å²) in [6.07, 6.45) is -0.489. The lowest BCUT2D eigenvalue weighted by atomic mass is 10.0. The van der Waals surface area contributed by atoms with Crippen LogP contribution in [0.5, 0.6) is 5.75 Å². The van der Waals surface area contributed by atoms with Crippen LogP contribution in [0.3, 0.4) is 0 Å². The van der Waals surface area contributed by atoms with Crippen molar-refractivity contribution >= 4 is 11.6 Å². The summed E-state index contributed by atoms with van der Waals surface area (Å²) < 4.78 is 10.5. The molecule has 2 aromatic carbocycles. The van der Waals surface area contributed by atoms with Gasteiger partial charge in [0, 0.05) is 19.6 Å². The number of nitrogens with zero attached hydrogens (tertiary/aromatic N) is 1. The smallest absolute Gasteiger partial charge is 0.137 e. The van der Waals surface area contributed by atoms with E-state index in [4.69, 9.17) is 21.1 Å². The van der Waals surface area contributed by atoms with Crippen molar-refractivity contribution in [3.8, 4) is 16.9 Å². The SMILES string of the molecule is COc1ccc(-c2ccc([C@@H](O)CN3CCOCC3)cc2)cc1Cl. The van der Waals surface area contributed by atoms with Crippen LogP contribution in [0.1, 0.15) is 11.7 Å². The largest absolute Gasteiger partial charge is 0.495 e. The summed E-state index contributed by atoms with van der Waals surface area (Å²) in [7, 11) is 1.60. The van der Waals surface area contributed by atoms with E-state index in [1.165, 1.54) is 0 Å². The fourth-order valence-electron chi connectivity index (χ4n) is 2.88. The summed E-state index contributed by atoms with van der Waals surface area (Å²) >= 11 is 6.19. The highest BCUT2D eigenvalue weighted by Crippen LogP contribution is 2.30. The van der Waals surface area contributed by atoms with Gasteiger partial charge in [-0.25, -0.2) is 0 Å². The third kappa shape index (κ3) is 4.08. The molecule has 0 amide bonds. The predicted molar refractivity (Wildman–Crippen MR) is 95.7 cm³/mol. The van der Waals surface area contributed by atoms with E-state index in [0.29, 0.717) is 17.3 Å². The zero-order valence-electron chi connectivity index (χ0n) is 13.7. The highest BCUT2D eigenvalue weighted by molar-refractivity contribution is 6.32. The normalized spacial score (nSPS) is 16.8. The Bertz CT molecular complexity index is 669. The quantitative estimate of drug-likeness (QED) is 0.900. The van der Waals surface area contributed by atoms with Crippen molar-refractivity contribution in [2.75, 3.05) is 40.0 Å². The molecule has 3 rings (SSSR count). The lowest BCUT2D eigenvalue weighted by Crippen LogP contribution is -2.38. The van der Waals surface area contributed by atoms with Crippen LogP contribution in [-0.2, 0) is 4.74 Å². The van der Waals surface area contributed by atoms with Crippen molar-refractivity contribution in [2.24, 2.45) is 0 Å². The fraction of sp³-hybridized carbons (Fsp3) is 0.368. The Morgan fingerprint density at radius 1 is 1.12 bits per heavy atom. The van der Waals surface area contributed by atoms with Crippen LogP contribution in [0.15, 0.2) is 42.5 Å². The number of halogens is 1. The molecule has 5 heteroatoms. The Morgan fingerprint density at radius 3 is 2.42 bits per heavy atom.